The highest BCUT2D eigenvalue weighted by Gasteiger charge is 2.60. The van der Waals surface area contributed by atoms with Crippen LogP contribution in [-0.4, -0.2) is 52.9 Å². The van der Waals surface area contributed by atoms with Crippen molar-refractivity contribution in [3.05, 3.63) is 24.0 Å². The number of methoxy groups -OCH3 is 1. The van der Waals surface area contributed by atoms with E-state index in [0.717, 1.165) is 37.9 Å². The molecular weight excluding hydrogens is 373 g/mol. The predicted octanol–water partition coefficient (Wildman–Crippen LogP) is 3.70. The Hall–Kier alpha value is -1.76. The molecule has 7 heteroatoms. The van der Waals surface area contributed by atoms with Crippen molar-refractivity contribution in [1.29, 1.82) is 0 Å². The molecule has 1 saturated heterocycles. The molecule has 1 aliphatic heterocycles. The Balaban J connectivity index is 1.20. The van der Waals surface area contributed by atoms with E-state index in [1.54, 1.807) is 0 Å². The summed E-state index contributed by atoms with van der Waals surface area (Å²) in [6.45, 7) is 2.85. The molecule has 29 heavy (non-hydrogen) atoms. The molecule has 4 fully saturated rings. The van der Waals surface area contributed by atoms with Gasteiger partial charge >= 0.3 is 6.09 Å². The van der Waals surface area contributed by atoms with Gasteiger partial charge in [0.2, 0.25) is 0 Å². The Morgan fingerprint density at radius 1 is 1.31 bits per heavy atom. The lowest BCUT2D eigenvalue weighted by atomic mass is 9.86. The van der Waals surface area contributed by atoms with Gasteiger partial charge in [0.05, 0.1) is 38.3 Å². The highest BCUT2D eigenvalue weighted by Crippen LogP contribution is 2.61. The predicted molar refractivity (Wildman–Crippen MR) is 104 cm³/mol. The Morgan fingerprint density at radius 3 is 2.83 bits per heavy atom. The van der Waals surface area contributed by atoms with Crippen LogP contribution in [0.4, 0.5) is 9.18 Å². The molecule has 7 unspecified atom stereocenters. The fourth-order valence-electron chi connectivity index (χ4n) is 6.51. The number of halogens is 1. The first-order valence-corrected chi connectivity index (χ1v) is 11.0. The number of ether oxygens (including phenoxy) is 2. The lowest BCUT2D eigenvalue weighted by Crippen LogP contribution is -2.45. The van der Waals surface area contributed by atoms with Crippen LogP contribution < -0.4 is 0 Å². The summed E-state index contributed by atoms with van der Waals surface area (Å²) in [7, 11) is 1.47. The average molecular weight is 403 g/mol. The Bertz CT molecular complexity index is 775. The van der Waals surface area contributed by atoms with E-state index in [9.17, 15) is 9.18 Å². The molecule has 1 aromatic rings. The minimum absolute atomic E-state index is 0.0310. The molecule has 1 amide bonds. The zero-order chi connectivity index (χ0) is 20.2. The number of carbonyl (C=O) groups excluding carboxylic acids is 1. The van der Waals surface area contributed by atoms with Crippen molar-refractivity contribution < 1.29 is 18.7 Å². The number of carbonyl (C=O) groups is 1. The smallest absolute Gasteiger partial charge is 0.410 e. The van der Waals surface area contributed by atoms with Gasteiger partial charge < -0.3 is 9.47 Å². The highest BCUT2D eigenvalue weighted by atomic mass is 19.1. The van der Waals surface area contributed by atoms with Crippen LogP contribution in [0.2, 0.25) is 0 Å². The molecule has 1 aromatic heterocycles. The van der Waals surface area contributed by atoms with Gasteiger partial charge in [-0.2, -0.15) is 0 Å². The maximum Gasteiger partial charge on any atom is 0.410 e. The minimum Gasteiger partial charge on any atom is -0.453 e. The number of hydrogen-bond acceptors (Lipinski definition) is 5. The fourth-order valence-corrected chi connectivity index (χ4v) is 6.51. The van der Waals surface area contributed by atoms with E-state index in [1.807, 2.05) is 4.90 Å². The Labute approximate surface area is 171 Å². The van der Waals surface area contributed by atoms with Crippen LogP contribution in [0.25, 0.3) is 0 Å². The van der Waals surface area contributed by atoms with E-state index >= 15 is 0 Å². The Kier molecular flexibility index (Phi) is 4.76. The maximum absolute atomic E-state index is 13.2. The van der Waals surface area contributed by atoms with Crippen LogP contribution >= 0.6 is 0 Å². The molecule has 0 bridgehead atoms. The van der Waals surface area contributed by atoms with Gasteiger partial charge in [-0.3, -0.25) is 4.90 Å². The van der Waals surface area contributed by atoms with Gasteiger partial charge in [0.15, 0.2) is 5.82 Å². The lowest BCUT2D eigenvalue weighted by molar-refractivity contribution is -0.0145. The molecule has 7 atom stereocenters. The van der Waals surface area contributed by atoms with Crippen molar-refractivity contribution in [1.82, 2.24) is 14.9 Å². The van der Waals surface area contributed by atoms with Crippen LogP contribution in [0.5, 0.6) is 0 Å². The van der Waals surface area contributed by atoms with Gasteiger partial charge in [0, 0.05) is 11.5 Å². The van der Waals surface area contributed by atoms with Gasteiger partial charge in [0.25, 0.3) is 0 Å². The summed E-state index contributed by atoms with van der Waals surface area (Å²) < 4.78 is 24.6. The third kappa shape index (κ3) is 3.13. The number of hydrogen-bond donors (Lipinski definition) is 0. The zero-order valence-electron chi connectivity index (χ0n) is 17.2. The van der Waals surface area contributed by atoms with Gasteiger partial charge in [0.1, 0.15) is 5.82 Å². The van der Waals surface area contributed by atoms with E-state index in [4.69, 9.17) is 9.47 Å². The molecule has 0 spiro atoms. The third-order valence-corrected chi connectivity index (χ3v) is 8.17. The quantitative estimate of drug-likeness (QED) is 0.767. The summed E-state index contributed by atoms with van der Waals surface area (Å²) >= 11 is 0. The summed E-state index contributed by atoms with van der Waals surface area (Å²) in [5.41, 5.74) is 0.0310. The number of fused-ring (bicyclic) bond motifs is 2. The van der Waals surface area contributed by atoms with Gasteiger partial charge in [-0.05, 0) is 56.3 Å². The monoisotopic (exact) mass is 403 g/mol. The van der Waals surface area contributed by atoms with Gasteiger partial charge in [-0.1, -0.05) is 13.3 Å². The molecule has 0 N–H and O–H groups in total. The fraction of sp³-hybridized carbons (Fsp3) is 0.773. The topological polar surface area (TPSA) is 64.5 Å². The standard InChI is InChI=1S/C22H30FN3O3/c1-13-17-4-3-5-18(17)26(21(27)28-2)19(13)12-29-16-6-7-22(9-14(22)8-16)20-24-10-15(23)11-25-20/h10-11,13-14,16-19H,3-9,12H2,1-2H3. The number of aromatic nitrogens is 2. The van der Waals surface area contributed by atoms with Crippen LogP contribution in [-0.2, 0) is 14.9 Å². The van der Waals surface area contributed by atoms with Crippen molar-refractivity contribution in [3.63, 3.8) is 0 Å². The summed E-state index contributed by atoms with van der Waals surface area (Å²) in [4.78, 5) is 22.9. The van der Waals surface area contributed by atoms with Crippen molar-refractivity contribution >= 4 is 6.09 Å². The number of amides is 1. The minimum atomic E-state index is -0.384. The van der Waals surface area contributed by atoms with Crippen molar-refractivity contribution in [2.24, 2.45) is 17.8 Å². The molecule has 0 aromatic carbocycles. The molecule has 2 heterocycles. The van der Waals surface area contributed by atoms with Gasteiger partial charge in [-0.25, -0.2) is 19.2 Å². The average Bonchev–Trinajstić information content (AvgIpc) is 3.15. The SMILES string of the molecule is COC(=O)N1C(COC2CCC3(c4ncc(F)cn4)CC3C2)C(C)C2CCCC21. The normalized spacial score (nSPS) is 40.4. The van der Waals surface area contributed by atoms with Crippen LogP contribution in [0.3, 0.4) is 0 Å². The van der Waals surface area contributed by atoms with Crippen molar-refractivity contribution in [2.75, 3.05) is 13.7 Å². The second-order valence-electron chi connectivity index (χ2n) is 9.48. The first-order valence-electron chi connectivity index (χ1n) is 11.0. The van der Waals surface area contributed by atoms with Gasteiger partial charge in [-0.15, -0.1) is 0 Å². The van der Waals surface area contributed by atoms with Crippen LogP contribution in [0.15, 0.2) is 12.4 Å². The van der Waals surface area contributed by atoms with E-state index in [1.165, 1.54) is 32.3 Å². The van der Waals surface area contributed by atoms with E-state index in [2.05, 4.69) is 16.9 Å². The molecule has 6 nitrogen and oxygen atoms in total. The second kappa shape index (κ2) is 7.18. The molecular formula is C22H30FN3O3. The third-order valence-electron chi connectivity index (χ3n) is 8.17. The van der Waals surface area contributed by atoms with Crippen LogP contribution in [0, 0.1) is 23.6 Å². The highest BCUT2D eigenvalue weighted by molar-refractivity contribution is 5.69. The number of likely N-dealkylation sites (tertiary alicyclic amines) is 1. The molecule has 3 saturated carbocycles. The summed E-state index contributed by atoms with van der Waals surface area (Å²) in [6.07, 6.45) is 10.0. The number of nitrogens with zero attached hydrogens (tertiary/aromatic N) is 3. The van der Waals surface area contributed by atoms with Crippen molar-refractivity contribution in [2.45, 2.75) is 75.5 Å². The largest absolute Gasteiger partial charge is 0.453 e. The van der Waals surface area contributed by atoms with Crippen LogP contribution in [0.1, 0.15) is 57.7 Å². The van der Waals surface area contributed by atoms with E-state index in [0.29, 0.717) is 30.4 Å². The first-order chi connectivity index (χ1) is 14.0. The summed E-state index contributed by atoms with van der Waals surface area (Å²) in [5, 5.41) is 0. The molecule has 3 aliphatic carbocycles. The Morgan fingerprint density at radius 2 is 2.10 bits per heavy atom. The molecule has 4 aliphatic rings. The second-order valence-corrected chi connectivity index (χ2v) is 9.48. The first kappa shape index (κ1) is 19.2. The molecule has 5 rings (SSSR count). The lowest BCUT2D eigenvalue weighted by Gasteiger charge is -2.32. The molecule has 0 radical (unpaired) electrons. The maximum atomic E-state index is 13.2. The number of rotatable bonds is 4. The molecule has 158 valence electrons. The summed E-state index contributed by atoms with van der Waals surface area (Å²) in [6, 6.07) is 0.410. The van der Waals surface area contributed by atoms with Crippen molar-refractivity contribution in [3.8, 4) is 0 Å². The summed E-state index contributed by atoms with van der Waals surface area (Å²) in [5.74, 6) is 1.93. The zero-order valence-corrected chi connectivity index (χ0v) is 17.2. The van der Waals surface area contributed by atoms with E-state index in [-0.39, 0.29) is 29.5 Å². The van der Waals surface area contributed by atoms with E-state index < -0.39 is 0 Å².